The smallest absolute Gasteiger partial charge is 0.323 e. The summed E-state index contributed by atoms with van der Waals surface area (Å²) < 4.78 is 28.0. The van der Waals surface area contributed by atoms with Crippen LogP contribution in [0.1, 0.15) is 73.9 Å². The molecule has 52 heavy (non-hydrogen) atoms. The van der Waals surface area contributed by atoms with Crippen LogP contribution in [-0.2, 0) is 20.9 Å². The lowest BCUT2D eigenvalue weighted by Gasteiger charge is -2.30. The van der Waals surface area contributed by atoms with Crippen LogP contribution in [-0.4, -0.2) is 58.5 Å². The van der Waals surface area contributed by atoms with Crippen LogP contribution >= 0.6 is 35.0 Å². The average molecular weight is 770 g/mol. The number of aromatic nitrogens is 2. The first kappa shape index (κ1) is 39.3. The third-order valence-electron chi connectivity index (χ3n) is 8.71. The van der Waals surface area contributed by atoms with Gasteiger partial charge in [0.25, 0.3) is 0 Å². The zero-order chi connectivity index (χ0) is 37.4. The topological polar surface area (TPSA) is 117 Å². The summed E-state index contributed by atoms with van der Waals surface area (Å²) in [4.78, 5) is 40.9. The SMILES string of the molecule is Cc1c(Cl)cccc1OCCCC(=O)N1CCSc2c(-c3cnn(Cc4c(F)cc(C(=O)CCCC[C@H](N)C(=O)OC(C)C)cc4Cl)c3)cccc21. The molecular formula is C39H43Cl2FN4O5S. The number of carbonyl (C=O) groups excluding carboxylic acids is 3. The summed E-state index contributed by atoms with van der Waals surface area (Å²) in [6, 6.07) is 13.3. The molecule has 5 rings (SSSR count). The van der Waals surface area contributed by atoms with Crippen molar-refractivity contribution in [2.45, 2.75) is 82.9 Å². The summed E-state index contributed by atoms with van der Waals surface area (Å²) in [5, 5.41) is 5.26. The average Bonchev–Trinajstić information content (AvgIpc) is 3.59. The first-order chi connectivity index (χ1) is 24.9. The number of nitrogens with zero attached hydrogens (tertiary/aromatic N) is 3. The highest BCUT2D eigenvalue weighted by Crippen LogP contribution is 2.42. The van der Waals surface area contributed by atoms with Crippen molar-refractivity contribution in [3.63, 3.8) is 0 Å². The minimum absolute atomic E-state index is 0.0285. The molecule has 4 aromatic rings. The summed E-state index contributed by atoms with van der Waals surface area (Å²) in [5.41, 5.74) is 9.76. The fourth-order valence-electron chi connectivity index (χ4n) is 5.92. The van der Waals surface area contributed by atoms with Crippen LogP contribution in [0.15, 0.2) is 65.8 Å². The molecule has 1 aromatic heterocycles. The highest BCUT2D eigenvalue weighted by molar-refractivity contribution is 7.99. The van der Waals surface area contributed by atoms with Crippen molar-refractivity contribution >= 4 is 58.3 Å². The van der Waals surface area contributed by atoms with Crippen molar-refractivity contribution in [1.82, 2.24) is 9.78 Å². The van der Waals surface area contributed by atoms with Gasteiger partial charge in [-0.3, -0.25) is 19.1 Å². The Balaban J connectivity index is 1.18. The van der Waals surface area contributed by atoms with Gasteiger partial charge in [0.15, 0.2) is 5.78 Å². The number of benzene rings is 3. The molecule has 2 heterocycles. The number of ether oxygens (including phenoxy) is 2. The largest absolute Gasteiger partial charge is 0.493 e. The molecule has 0 saturated carbocycles. The van der Waals surface area contributed by atoms with E-state index in [1.54, 1.807) is 36.5 Å². The zero-order valence-corrected chi connectivity index (χ0v) is 31.8. The Hall–Kier alpha value is -3.90. The van der Waals surface area contributed by atoms with Crippen LogP contribution in [0, 0.1) is 12.7 Å². The third-order valence-corrected chi connectivity index (χ3v) is 10.6. The standard InChI is InChI=1S/C39H43Cl2FN4O5S/c1-24(2)51-39(49)33(43)11-4-5-13-35(47)26-19-31(41)29(32(42)20-26)23-45-22-27(21-44-45)28-9-6-12-34-38(28)52-18-16-46(34)37(48)15-8-17-50-36-14-7-10-30(40)25(36)3/h6-7,9-10,12,14,19-22,24,33H,4-5,8,11,13,15-18,23,43H2,1-3H3/t33-/m0/s1. The lowest BCUT2D eigenvalue weighted by atomic mass is 10.0. The van der Waals surface area contributed by atoms with E-state index in [9.17, 15) is 14.4 Å². The minimum Gasteiger partial charge on any atom is -0.493 e. The van der Waals surface area contributed by atoms with Gasteiger partial charge in [-0.25, -0.2) is 4.39 Å². The van der Waals surface area contributed by atoms with E-state index in [1.165, 1.54) is 12.1 Å². The summed E-state index contributed by atoms with van der Waals surface area (Å²) in [5.74, 6) is 0.188. The Morgan fingerprint density at radius 3 is 2.60 bits per heavy atom. The van der Waals surface area contributed by atoms with Gasteiger partial charge in [0.05, 0.1) is 31.1 Å². The molecule has 9 nitrogen and oxygen atoms in total. The number of halogens is 3. The Kier molecular flexibility index (Phi) is 13.8. The number of esters is 1. The van der Waals surface area contributed by atoms with Crippen molar-refractivity contribution in [2.24, 2.45) is 5.73 Å². The number of anilines is 1. The highest BCUT2D eigenvalue weighted by Gasteiger charge is 2.26. The number of nitrogens with two attached hydrogens (primary N) is 1. The number of rotatable bonds is 16. The zero-order valence-electron chi connectivity index (χ0n) is 29.5. The molecule has 0 aliphatic carbocycles. The molecule has 13 heteroatoms. The molecule has 0 spiro atoms. The van der Waals surface area contributed by atoms with E-state index in [2.05, 4.69) is 5.10 Å². The third kappa shape index (κ3) is 9.95. The number of amides is 1. The van der Waals surface area contributed by atoms with E-state index in [0.717, 1.165) is 38.8 Å². The predicted octanol–water partition coefficient (Wildman–Crippen LogP) is 8.67. The maximum atomic E-state index is 15.3. The van der Waals surface area contributed by atoms with Gasteiger partial charge in [0.1, 0.15) is 17.6 Å². The molecule has 3 aromatic carbocycles. The number of carbonyl (C=O) groups is 3. The van der Waals surface area contributed by atoms with Crippen molar-refractivity contribution in [3.05, 3.63) is 93.5 Å². The number of ketones is 1. The molecule has 0 unspecified atom stereocenters. The fraction of sp³-hybridized carbons (Fsp3) is 0.385. The first-order valence-electron chi connectivity index (χ1n) is 17.4. The van der Waals surface area contributed by atoms with E-state index in [-0.39, 0.29) is 46.9 Å². The predicted molar refractivity (Wildman–Crippen MR) is 204 cm³/mol. The van der Waals surface area contributed by atoms with Crippen LogP contribution in [0.2, 0.25) is 10.0 Å². The quantitative estimate of drug-likeness (QED) is 0.0684. The Bertz CT molecular complexity index is 1900. The first-order valence-corrected chi connectivity index (χ1v) is 19.1. The van der Waals surface area contributed by atoms with E-state index < -0.39 is 17.8 Å². The van der Waals surface area contributed by atoms with Crippen LogP contribution in [0.3, 0.4) is 0 Å². The minimum atomic E-state index is -0.746. The molecule has 1 atom stereocenters. The van der Waals surface area contributed by atoms with Crippen LogP contribution < -0.4 is 15.4 Å². The van der Waals surface area contributed by atoms with Crippen molar-refractivity contribution in [3.8, 4) is 16.9 Å². The lowest BCUT2D eigenvalue weighted by Crippen LogP contribution is -2.35. The summed E-state index contributed by atoms with van der Waals surface area (Å²) in [6.07, 6.45) is 5.80. The molecule has 0 fully saturated rings. The number of hydrogen-bond acceptors (Lipinski definition) is 8. The van der Waals surface area contributed by atoms with E-state index in [4.69, 9.17) is 38.4 Å². The second-order valence-corrected chi connectivity index (χ2v) is 14.9. The number of thioether (sulfide) groups is 1. The highest BCUT2D eigenvalue weighted by atomic mass is 35.5. The molecule has 0 saturated heterocycles. The molecule has 1 aliphatic heterocycles. The number of Topliss-reactive ketones (excluding diaryl/α,β-unsaturated/α-hetero) is 1. The van der Waals surface area contributed by atoms with Gasteiger partial charge in [-0.2, -0.15) is 5.10 Å². The van der Waals surface area contributed by atoms with Crippen molar-refractivity contribution in [1.29, 1.82) is 0 Å². The number of hydrogen-bond donors (Lipinski definition) is 1. The summed E-state index contributed by atoms with van der Waals surface area (Å²) in [6.45, 7) is 6.48. The van der Waals surface area contributed by atoms with Gasteiger partial charge in [-0.05, 0) is 70.4 Å². The normalized spacial score (nSPS) is 13.2. The summed E-state index contributed by atoms with van der Waals surface area (Å²) >= 11 is 14.4. The van der Waals surface area contributed by atoms with Gasteiger partial charge < -0.3 is 20.1 Å². The monoisotopic (exact) mass is 768 g/mol. The second-order valence-electron chi connectivity index (χ2n) is 13.0. The van der Waals surface area contributed by atoms with Crippen LogP contribution in [0.5, 0.6) is 5.75 Å². The van der Waals surface area contributed by atoms with Crippen LogP contribution in [0.4, 0.5) is 10.1 Å². The van der Waals surface area contributed by atoms with Gasteiger partial charge in [0.2, 0.25) is 5.91 Å². The molecular weight excluding hydrogens is 726 g/mol. The van der Waals surface area contributed by atoms with Gasteiger partial charge >= 0.3 is 5.97 Å². The van der Waals surface area contributed by atoms with Crippen LogP contribution in [0.25, 0.3) is 11.1 Å². The van der Waals surface area contributed by atoms with E-state index >= 15 is 4.39 Å². The summed E-state index contributed by atoms with van der Waals surface area (Å²) in [7, 11) is 0. The van der Waals surface area contributed by atoms with Crippen molar-refractivity contribution < 1.29 is 28.2 Å². The molecule has 276 valence electrons. The Morgan fingerprint density at radius 2 is 1.83 bits per heavy atom. The van der Waals surface area contributed by atoms with E-state index in [1.807, 2.05) is 54.4 Å². The maximum absolute atomic E-state index is 15.3. The maximum Gasteiger partial charge on any atom is 0.323 e. The van der Waals surface area contributed by atoms with Gasteiger partial charge in [0, 0.05) is 74.1 Å². The van der Waals surface area contributed by atoms with Crippen molar-refractivity contribution in [2.75, 3.05) is 23.8 Å². The van der Waals surface area contributed by atoms with Gasteiger partial charge in [-0.15, -0.1) is 11.8 Å². The molecule has 2 N–H and O–H groups in total. The van der Waals surface area contributed by atoms with Gasteiger partial charge in [-0.1, -0.05) is 47.8 Å². The number of unbranched alkanes of at least 4 members (excludes halogenated alkanes) is 1. The number of fused-ring (bicyclic) bond motifs is 1. The molecule has 0 radical (unpaired) electrons. The molecule has 1 amide bonds. The molecule has 0 bridgehead atoms. The fourth-order valence-corrected chi connectivity index (χ4v) is 7.50. The molecule has 1 aliphatic rings. The lowest BCUT2D eigenvalue weighted by molar-refractivity contribution is -0.149. The Labute approximate surface area is 317 Å². The Morgan fingerprint density at radius 1 is 1.04 bits per heavy atom. The second kappa shape index (κ2) is 18.2. The van der Waals surface area contributed by atoms with E-state index in [0.29, 0.717) is 50.3 Å².